The lowest BCUT2D eigenvalue weighted by molar-refractivity contribution is -0.118. The van der Waals surface area contributed by atoms with Crippen molar-refractivity contribution in [2.75, 3.05) is 4.90 Å². The van der Waals surface area contributed by atoms with E-state index in [1.807, 2.05) is 30.3 Å². The average Bonchev–Trinajstić information content (AvgIpc) is 2.79. The van der Waals surface area contributed by atoms with Crippen LogP contribution in [-0.4, -0.2) is 11.8 Å². The molecule has 96 valence electrons. The van der Waals surface area contributed by atoms with Gasteiger partial charge in [-0.15, -0.1) is 0 Å². The molecule has 0 N–H and O–H groups in total. The maximum atomic E-state index is 11.9. The molecule has 0 saturated carbocycles. The third-order valence-electron chi connectivity index (χ3n) is 3.76. The van der Waals surface area contributed by atoms with E-state index in [9.17, 15) is 4.79 Å². The topological polar surface area (TPSA) is 20.3 Å². The molecule has 0 saturated heterocycles. The van der Waals surface area contributed by atoms with Crippen LogP contribution in [0.25, 0.3) is 0 Å². The van der Waals surface area contributed by atoms with E-state index in [2.05, 4.69) is 29.2 Å². The number of hydrogen-bond acceptors (Lipinski definition) is 2. The molecule has 2 heteroatoms. The molecule has 19 heavy (non-hydrogen) atoms. The minimum atomic E-state index is -0.0161. The van der Waals surface area contributed by atoms with Crippen molar-refractivity contribution in [2.45, 2.75) is 25.9 Å². The maximum absolute atomic E-state index is 11.9. The predicted molar refractivity (Wildman–Crippen MR) is 77.2 cm³/mol. The van der Waals surface area contributed by atoms with Crippen LogP contribution < -0.4 is 4.90 Å². The Morgan fingerprint density at radius 1 is 1.11 bits per heavy atom. The van der Waals surface area contributed by atoms with Crippen LogP contribution in [0, 0.1) is 0 Å². The van der Waals surface area contributed by atoms with Crippen molar-refractivity contribution in [2.24, 2.45) is 0 Å². The quantitative estimate of drug-likeness (QED) is 0.835. The van der Waals surface area contributed by atoms with Crippen LogP contribution in [0.2, 0.25) is 0 Å². The number of carbonyl (C=O) groups is 1. The average molecular weight is 251 g/mol. The monoisotopic (exact) mass is 251 g/mol. The fraction of sp³-hybridized carbons (Fsp3) is 0.235. The zero-order chi connectivity index (χ0) is 13.2. The van der Waals surface area contributed by atoms with Gasteiger partial charge >= 0.3 is 0 Å². The molecule has 0 radical (unpaired) electrons. The molecule has 1 aliphatic heterocycles. The third-order valence-corrected chi connectivity index (χ3v) is 3.76. The normalized spacial score (nSPS) is 17.3. The van der Waals surface area contributed by atoms with Gasteiger partial charge in [-0.05, 0) is 24.1 Å². The van der Waals surface area contributed by atoms with Gasteiger partial charge in [0.05, 0.1) is 6.04 Å². The lowest BCUT2D eigenvalue weighted by atomic mass is 10.1. The number of ketones is 1. The molecule has 2 nitrogen and oxygen atoms in total. The molecule has 1 aliphatic rings. The van der Waals surface area contributed by atoms with Gasteiger partial charge in [-0.2, -0.15) is 0 Å². The molecule has 0 spiro atoms. The molecule has 0 fully saturated rings. The molecule has 3 rings (SSSR count). The molecule has 1 atom stereocenters. The summed E-state index contributed by atoms with van der Waals surface area (Å²) in [5, 5.41) is 0. The third kappa shape index (κ3) is 2.26. The van der Waals surface area contributed by atoms with Gasteiger partial charge in [-0.25, -0.2) is 0 Å². The minimum Gasteiger partial charge on any atom is -0.357 e. The van der Waals surface area contributed by atoms with Crippen LogP contribution in [0.3, 0.4) is 0 Å². The van der Waals surface area contributed by atoms with Gasteiger partial charge in [0, 0.05) is 18.7 Å². The second kappa shape index (κ2) is 4.88. The Balaban J connectivity index is 1.94. The SMILES string of the molecule is CC(=O)C1Cc2ccccc2N1Cc1ccccc1. The van der Waals surface area contributed by atoms with Crippen molar-refractivity contribution in [1.82, 2.24) is 0 Å². The smallest absolute Gasteiger partial charge is 0.152 e. The second-order valence-corrected chi connectivity index (χ2v) is 5.07. The Hall–Kier alpha value is -2.09. The summed E-state index contributed by atoms with van der Waals surface area (Å²) in [6.07, 6.45) is 0.832. The van der Waals surface area contributed by atoms with E-state index < -0.39 is 0 Å². The number of carbonyl (C=O) groups excluding carboxylic acids is 1. The molecule has 1 unspecified atom stereocenters. The van der Waals surface area contributed by atoms with Crippen molar-refractivity contribution in [3.05, 3.63) is 65.7 Å². The van der Waals surface area contributed by atoms with Crippen LogP contribution in [0.15, 0.2) is 54.6 Å². The number of Topliss-reactive ketones (excluding diaryl/α,β-unsaturated/α-hetero) is 1. The summed E-state index contributed by atoms with van der Waals surface area (Å²) in [6.45, 7) is 2.48. The zero-order valence-corrected chi connectivity index (χ0v) is 11.0. The first-order chi connectivity index (χ1) is 9.25. The molecular formula is C17H17NO. The second-order valence-electron chi connectivity index (χ2n) is 5.07. The number of hydrogen-bond donors (Lipinski definition) is 0. The predicted octanol–water partition coefficient (Wildman–Crippen LogP) is 3.21. The van der Waals surface area contributed by atoms with E-state index in [1.165, 1.54) is 16.8 Å². The Kier molecular flexibility index (Phi) is 3.08. The van der Waals surface area contributed by atoms with Gasteiger partial charge in [0.1, 0.15) is 0 Å². The largest absolute Gasteiger partial charge is 0.357 e. The lowest BCUT2D eigenvalue weighted by Crippen LogP contribution is -2.36. The van der Waals surface area contributed by atoms with Crippen molar-refractivity contribution in [3.63, 3.8) is 0 Å². The van der Waals surface area contributed by atoms with Crippen LogP contribution in [0.1, 0.15) is 18.1 Å². The van der Waals surface area contributed by atoms with Gasteiger partial charge in [0.25, 0.3) is 0 Å². The first-order valence-corrected chi connectivity index (χ1v) is 6.64. The number of benzene rings is 2. The Morgan fingerprint density at radius 3 is 2.53 bits per heavy atom. The molecule has 0 amide bonds. The number of anilines is 1. The van der Waals surface area contributed by atoms with Crippen LogP contribution in [0.4, 0.5) is 5.69 Å². The Labute approximate surface area is 113 Å². The van der Waals surface area contributed by atoms with Gasteiger partial charge < -0.3 is 4.90 Å². The van der Waals surface area contributed by atoms with Crippen LogP contribution in [0.5, 0.6) is 0 Å². The summed E-state index contributed by atoms with van der Waals surface area (Å²) in [6, 6.07) is 18.6. The first-order valence-electron chi connectivity index (χ1n) is 6.64. The van der Waals surface area contributed by atoms with E-state index in [0.717, 1.165) is 13.0 Å². The van der Waals surface area contributed by atoms with Crippen molar-refractivity contribution >= 4 is 11.5 Å². The van der Waals surface area contributed by atoms with Crippen molar-refractivity contribution in [1.29, 1.82) is 0 Å². The molecule has 2 aromatic carbocycles. The highest BCUT2D eigenvalue weighted by atomic mass is 16.1. The van der Waals surface area contributed by atoms with E-state index in [0.29, 0.717) is 0 Å². The van der Waals surface area contributed by atoms with Gasteiger partial charge in [0.2, 0.25) is 0 Å². The number of nitrogens with zero attached hydrogens (tertiary/aromatic N) is 1. The number of para-hydroxylation sites is 1. The number of fused-ring (bicyclic) bond motifs is 1. The highest BCUT2D eigenvalue weighted by Gasteiger charge is 2.31. The fourth-order valence-corrected chi connectivity index (χ4v) is 2.79. The minimum absolute atomic E-state index is 0.0161. The van der Waals surface area contributed by atoms with Gasteiger partial charge in [-0.1, -0.05) is 48.5 Å². The molecular weight excluding hydrogens is 234 g/mol. The van der Waals surface area contributed by atoms with Crippen LogP contribution in [-0.2, 0) is 17.8 Å². The van der Waals surface area contributed by atoms with E-state index in [4.69, 9.17) is 0 Å². The summed E-state index contributed by atoms with van der Waals surface area (Å²) in [5.41, 5.74) is 3.72. The Bertz CT molecular complexity index is 591. The summed E-state index contributed by atoms with van der Waals surface area (Å²) in [5.74, 6) is 0.243. The zero-order valence-electron chi connectivity index (χ0n) is 11.0. The first kappa shape index (κ1) is 12.0. The van der Waals surface area contributed by atoms with Crippen LogP contribution >= 0.6 is 0 Å². The van der Waals surface area contributed by atoms with E-state index >= 15 is 0 Å². The summed E-state index contributed by atoms with van der Waals surface area (Å²) in [4.78, 5) is 14.1. The van der Waals surface area contributed by atoms with Crippen molar-refractivity contribution < 1.29 is 4.79 Å². The maximum Gasteiger partial charge on any atom is 0.152 e. The molecule has 0 bridgehead atoms. The molecule has 0 aromatic heterocycles. The molecule has 1 heterocycles. The fourth-order valence-electron chi connectivity index (χ4n) is 2.79. The highest BCUT2D eigenvalue weighted by molar-refractivity contribution is 5.88. The van der Waals surface area contributed by atoms with E-state index in [-0.39, 0.29) is 11.8 Å². The van der Waals surface area contributed by atoms with Gasteiger partial charge in [0.15, 0.2) is 5.78 Å². The number of rotatable bonds is 3. The summed E-state index contributed by atoms with van der Waals surface area (Å²) in [7, 11) is 0. The highest BCUT2D eigenvalue weighted by Crippen LogP contribution is 2.33. The Morgan fingerprint density at radius 2 is 1.79 bits per heavy atom. The van der Waals surface area contributed by atoms with E-state index in [1.54, 1.807) is 6.92 Å². The van der Waals surface area contributed by atoms with Gasteiger partial charge in [-0.3, -0.25) is 4.79 Å². The molecule has 2 aromatic rings. The summed E-state index contributed by atoms with van der Waals surface area (Å²) < 4.78 is 0. The van der Waals surface area contributed by atoms with Crippen molar-refractivity contribution in [3.8, 4) is 0 Å². The lowest BCUT2D eigenvalue weighted by Gasteiger charge is -2.26. The molecule has 0 aliphatic carbocycles. The standard InChI is InChI=1S/C17H17NO/c1-13(19)17-11-15-9-5-6-10-16(15)18(17)12-14-7-3-2-4-8-14/h2-10,17H,11-12H2,1H3. The summed E-state index contributed by atoms with van der Waals surface area (Å²) >= 11 is 0.